The van der Waals surface area contributed by atoms with E-state index in [1.165, 1.54) is 16.7 Å². The second kappa shape index (κ2) is 11.5. The van der Waals surface area contributed by atoms with Gasteiger partial charge in [-0.1, -0.05) is 37.3 Å². The fraction of sp³-hybridized carbons (Fsp3) is 0.476. The highest BCUT2D eigenvalue weighted by Crippen LogP contribution is 2.35. The summed E-state index contributed by atoms with van der Waals surface area (Å²) in [7, 11) is 4.17. The van der Waals surface area contributed by atoms with E-state index in [-0.39, 0.29) is 24.8 Å². The first-order chi connectivity index (χ1) is 12.2. The van der Waals surface area contributed by atoms with Crippen LogP contribution >= 0.6 is 24.8 Å². The van der Waals surface area contributed by atoms with Crippen LogP contribution in [-0.2, 0) is 30.8 Å². The molecule has 1 aliphatic rings. The van der Waals surface area contributed by atoms with E-state index >= 15 is 0 Å². The minimum absolute atomic E-state index is 0. The van der Waals surface area contributed by atoms with Crippen LogP contribution in [0.5, 0.6) is 5.75 Å². The molecule has 27 heavy (non-hydrogen) atoms. The Labute approximate surface area is 175 Å². The number of pyridine rings is 1. The Morgan fingerprint density at radius 2 is 1.74 bits per heavy atom. The van der Waals surface area contributed by atoms with Gasteiger partial charge in [-0.2, -0.15) is 0 Å². The Hall–Kier alpha value is -1.33. The van der Waals surface area contributed by atoms with Crippen molar-refractivity contribution >= 4 is 24.8 Å². The Balaban J connectivity index is 0.00000182. The topological polar surface area (TPSA) is 34.6 Å². The molecule has 0 bridgehead atoms. The molecule has 0 unspecified atom stereocenters. The van der Waals surface area contributed by atoms with E-state index in [0.29, 0.717) is 13.2 Å². The zero-order chi connectivity index (χ0) is 17.6. The first-order valence-electron chi connectivity index (χ1n) is 9.11. The van der Waals surface area contributed by atoms with E-state index in [2.05, 4.69) is 50.2 Å². The smallest absolute Gasteiger partial charge is 0.146 e. The summed E-state index contributed by atoms with van der Waals surface area (Å²) in [5, 5.41) is 0. The van der Waals surface area contributed by atoms with Gasteiger partial charge >= 0.3 is 0 Å². The summed E-state index contributed by atoms with van der Waals surface area (Å²) in [6, 6.07) is 10.5. The molecule has 0 fully saturated rings. The van der Waals surface area contributed by atoms with Crippen LogP contribution in [0.4, 0.5) is 0 Å². The molecule has 3 rings (SSSR count). The molecule has 0 N–H and O–H groups in total. The zero-order valence-electron chi connectivity index (χ0n) is 16.4. The number of aromatic nitrogens is 1. The van der Waals surface area contributed by atoms with Crippen molar-refractivity contribution in [2.75, 3.05) is 27.2 Å². The fourth-order valence-electron chi connectivity index (χ4n) is 3.25. The summed E-state index contributed by atoms with van der Waals surface area (Å²) >= 11 is 0. The van der Waals surface area contributed by atoms with E-state index in [1.807, 2.05) is 6.07 Å². The third-order valence-electron chi connectivity index (χ3n) is 4.56. The maximum Gasteiger partial charge on any atom is 0.146 e. The van der Waals surface area contributed by atoms with Gasteiger partial charge in [-0.25, -0.2) is 0 Å². The Morgan fingerprint density at radius 3 is 2.41 bits per heavy atom. The maximum atomic E-state index is 6.16. The summed E-state index contributed by atoms with van der Waals surface area (Å²) < 4.78 is 11.9. The lowest BCUT2D eigenvalue weighted by atomic mass is 10.0. The minimum Gasteiger partial charge on any atom is -0.491 e. The predicted molar refractivity (Wildman–Crippen MR) is 115 cm³/mol. The molecule has 4 nitrogen and oxygen atoms in total. The molecular weight excluding hydrogens is 383 g/mol. The maximum absolute atomic E-state index is 6.16. The molecule has 0 spiro atoms. The number of fused-ring (bicyclic) bond motifs is 1. The van der Waals surface area contributed by atoms with Gasteiger partial charge in [0.2, 0.25) is 0 Å². The van der Waals surface area contributed by atoms with Gasteiger partial charge in [-0.15, -0.1) is 24.8 Å². The van der Waals surface area contributed by atoms with Crippen LogP contribution in [0.2, 0.25) is 0 Å². The van der Waals surface area contributed by atoms with Gasteiger partial charge in [0, 0.05) is 24.1 Å². The number of hydrogen-bond donors (Lipinski definition) is 0. The Kier molecular flexibility index (Phi) is 10.1. The highest BCUT2D eigenvalue weighted by Gasteiger charge is 2.24. The third kappa shape index (κ3) is 6.08. The second-order valence-corrected chi connectivity index (χ2v) is 6.81. The molecule has 0 amide bonds. The molecule has 2 aromatic rings. The zero-order valence-corrected chi connectivity index (χ0v) is 18.0. The first-order valence-corrected chi connectivity index (χ1v) is 9.11. The van der Waals surface area contributed by atoms with Crippen molar-refractivity contribution in [1.82, 2.24) is 9.88 Å². The average Bonchev–Trinajstić information content (AvgIpc) is 3.10. The number of aryl methyl sites for hydroxylation is 1. The highest BCUT2D eigenvalue weighted by molar-refractivity contribution is 5.85. The van der Waals surface area contributed by atoms with Gasteiger partial charge < -0.3 is 14.4 Å². The van der Waals surface area contributed by atoms with E-state index in [1.54, 1.807) is 0 Å². The predicted octanol–water partition coefficient (Wildman–Crippen LogP) is 4.44. The van der Waals surface area contributed by atoms with Crippen molar-refractivity contribution in [3.05, 3.63) is 58.4 Å². The molecular formula is C21H30Cl2N2O2. The van der Waals surface area contributed by atoms with Gasteiger partial charge in [0.1, 0.15) is 5.75 Å². The fourth-order valence-corrected chi connectivity index (χ4v) is 3.25. The molecule has 0 aliphatic carbocycles. The number of nitrogens with zero attached hydrogens (tertiary/aromatic N) is 2. The summed E-state index contributed by atoms with van der Waals surface area (Å²) in [5.74, 6) is 0.963. The number of hydrogen-bond acceptors (Lipinski definition) is 4. The number of ether oxygens (including phenoxy) is 2. The number of rotatable bonds is 8. The van der Waals surface area contributed by atoms with E-state index in [0.717, 1.165) is 49.6 Å². The molecule has 6 heteroatoms. The summed E-state index contributed by atoms with van der Waals surface area (Å²) in [6.07, 6.45) is 2.73. The van der Waals surface area contributed by atoms with Crippen LogP contribution < -0.4 is 4.74 Å². The summed E-state index contributed by atoms with van der Waals surface area (Å²) in [5.41, 5.74) is 5.91. The second-order valence-electron chi connectivity index (χ2n) is 6.81. The SMILES string of the molecule is CCc1nc(Cc2ccccc2)c2c(c1OCCCN(C)C)COC2.Cl.Cl. The van der Waals surface area contributed by atoms with Gasteiger partial charge in [0.25, 0.3) is 0 Å². The average molecular weight is 413 g/mol. The molecule has 1 aromatic heterocycles. The van der Waals surface area contributed by atoms with Gasteiger partial charge in [-0.05, 0) is 32.5 Å². The van der Waals surface area contributed by atoms with E-state index < -0.39 is 0 Å². The van der Waals surface area contributed by atoms with Crippen molar-refractivity contribution in [2.45, 2.75) is 39.4 Å². The van der Waals surface area contributed by atoms with Crippen LogP contribution in [0.15, 0.2) is 30.3 Å². The molecule has 2 heterocycles. The van der Waals surface area contributed by atoms with Crippen LogP contribution in [0.3, 0.4) is 0 Å². The number of halogens is 2. The van der Waals surface area contributed by atoms with Crippen LogP contribution in [0.1, 0.15) is 41.4 Å². The molecule has 1 aliphatic heterocycles. The molecule has 150 valence electrons. The lowest BCUT2D eigenvalue weighted by Crippen LogP contribution is -2.16. The lowest BCUT2D eigenvalue weighted by Gasteiger charge is -2.17. The van der Waals surface area contributed by atoms with Crippen molar-refractivity contribution < 1.29 is 9.47 Å². The highest BCUT2D eigenvalue weighted by atomic mass is 35.5. The minimum atomic E-state index is 0. The third-order valence-corrected chi connectivity index (χ3v) is 4.56. The van der Waals surface area contributed by atoms with Crippen molar-refractivity contribution in [1.29, 1.82) is 0 Å². The number of benzene rings is 1. The molecule has 0 atom stereocenters. The molecule has 0 saturated heterocycles. The molecule has 0 radical (unpaired) electrons. The standard InChI is InChI=1S/C21H28N2O2.2ClH/c1-4-19-21(25-12-8-11-23(2)3)18-15-24-14-17(18)20(22-19)13-16-9-6-5-7-10-16;;/h5-7,9-10H,4,8,11-15H2,1-3H3;2*1H. The van der Waals surface area contributed by atoms with Crippen LogP contribution in [-0.4, -0.2) is 37.1 Å². The first kappa shape index (κ1) is 23.7. The van der Waals surface area contributed by atoms with Crippen molar-refractivity contribution in [2.24, 2.45) is 0 Å². The normalized spacial score (nSPS) is 12.3. The summed E-state index contributed by atoms with van der Waals surface area (Å²) in [4.78, 5) is 7.14. The quantitative estimate of drug-likeness (QED) is 0.600. The van der Waals surface area contributed by atoms with Gasteiger partial charge in [0.05, 0.1) is 31.2 Å². The monoisotopic (exact) mass is 412 g/mol. The van der Waals surface area contributed by atoms with Crippen molar-refractivity contribution in [3.63, 3.8) is 0 Å². The molecule has 1 aromatic carbocycles. The Morgan fingerprint density at radius 1 is 1.04 bits per heavy atom. The summed E-state index contributed by atoms with van der Waals surface area (Å²) in [6.45, 7) is 5.17. The van der Waals surface area contributed by atoms with Crippen LogP contribution in [0.25, 0.3) is 0 Å². The van der Waals surface area contributed by atoms with E-state index in [9.17, 15) is 0 Å². The molecule has 0 saturated carbocycles. The van der Waals surface area contributed by atoms with Crippen LogP contribution in [0, 0.1) is 0 Å². The van der Waals surface area contributed by atoms with E-state index in [4.69, 9.17) is 14.5 Å². The lowest BCUT2D eigenvalue weighted by molar-refractivity contribution is 0.132. The van der Waals surface area contributed by atoms with Gasteiger partial charge in [0.15, 0.2) is 0 Å². The van der Waals surface area contributed by atoms with Crippen molar-refractivity contribution in [3.8, 4) is 5.75 Å². The largest absolute Gasteiger partial charge is 0.491 e. The Bertz CT molecular complexity index is 709. The van der Waals surface area contributed by atoms with Gasteiger partial charge in [-0.3, -0.25) is 4.98 Å².